The highest BCUT2D eigenvalue weighted by Gasteiger charge is 2.32. The summed E-state index contributed by atoms with van der Waals surface area (Å²) in [6, 6.07) is 16.8. The molecule has 3 aromatic rings. The number of rotatable bonds is 4. The number of amides is 1. The zero-order chi connectivity index (χ0) is 19.8. The first-order chi connectivity index (χ1) is 13.4. The number of carbonyl (C=O) groups excluding carboxylic acids is 1. The van der Waals surface area contributed by atoms with E-state index >= 15 is 0 Å². The minimum absolute atomic E-state index is 0.00243. The smallest absolute Gasteiger partial charge is 0.259 e. The number of fused-ring (bicyclic) bond motifs is 1. The third-order valence-electron chi connectivity index (χ3n) is 4.62. The summed E-state index contributed by atoms with van der Waals surface area (Å²) < 4.78 is 5.96. The van der Waals surface area contributed by atoms with E-state index in [0.717, 1.165) is 16.8 Å². The molecule has 0 atom stereocenters. The monoisotopic (exact) mass is 411 g/mol. The molecule has 3 nitrogen and oxygen atoms in total. The Labute approximate surface area is 174 Å². The van der Waals surface area contributed by atoms with Crippen LogP contribution < -0.4 is 4.90 Å². The summed E-state index contributed by atoms with van der Waals surface area (Å²) >= 11 is 12.3. The van der Waals surface area contributed by atoms with Gasteiger partial charge in [0.1, 0.15) is 11.5 Å². The topological polar surface area (TPSA) is 33.5 Å². The molecule has 0 aliphatic carbocycles. The SMILES string of the molecule is CC(C)CN1C(=O)/C(=C\c2ccc(-c3ccc(Cl)cc3Cl)o2)c2ccccc21. The molecule has 1 aliphatic rings. The lowest BCUT2D eigenvalue weighted by Crippen LogP contribution is -2.30. The summed E-state index contributed by atoms with van der Waals surface area (Å²) in [5.41, 5.74) is 3.27. The molecule has 28 heavy (non-hydrogen) atoms. The van der Waals surface area contributed by atoms with Crippen molar-refractivity contribution in [2.75, 3.05) is 11.4 Å². The predicted molar refractivity (Wildman–Crippen MR) is 116 cm³/mol. The lowest BCUT2D eigenvalue weighted by Gasteiger charge is -2.19. The highest BCUT2D eigenvalue weighted by atomic mass is 35.5. The Morgan fingerprint density at radius 1 is 1.04 bits per heavy atom. The molecule has 0 saturated carbocycles. The molecule has 0 bridgehead atoms. The lowest BCUT2D eigenvalue weighted by atomic mass is 10.1. The van der Waals surface area contributed by atoms with E-state index in [2.05, 4.69) is 13.8 Å². The first-order valence-electron chi connectivity index (χ1n) is 9.12. The van der Waals surface area contributed by atoms with E-state index in [1.165, 1.54) is 0 Å². The van der Waals surface area contributed by atoms with E-state index in [1.807, 2.05) is 47.4 Å². The lowest BCUT2D eigenvalue weighted by molar-refractivity contribution is -0.113. The fraction of sp³-hybridized carbons (Fsp3) is 0.174. The zero-order valence-electron chi connectivity index (χ0n) is 15.6. The second-order valence-corrected chi connectivity index (χ2v) is 8.05. The number of halogens is 2. The van der Waals surface area contributed by atoms with E-state index < -0.39 is 0 Å². The van der Waals surface area contributed by atoms with Crippen LogP contribution in [-0.4, -0.2) is 12.5 Å². The number of benzene rings is 2. The van der Waals surface area contributed by atoms with Crippen LogP contribution in [0.15, 0.2) is 59.0 Å². The van der Waals surface area contributed by atoms with Gasteiger partial charge in [0.25, 0.3) is 5.91 Å². The van der Waals surface area contributed by atoms with Crippen LogP contribution in [0.25, 0.3) is 23.0 Å². The van der Waals surface area contributed by atoms with Gasteiger partial charge in [-0.15, -0.1) is 0 Å². The van der Waals surface area contributed by atoms with Crippen molar-refractivity contribution in [2.24, 2.45) is 5.92 Å². The number of carbonyl (C=O) groups is 1. The summed E-state index contributed by atoms with van der Waals surface area (Å²) in [6.07, 6.45) is 1.80. The van der Waals surface area contributed by atoms with Crippen molar-refractivity contribution in [2.45, 2.75) is 13.8 Å². The summed E-state index contributed by atoms with van der Waals surface area (Å²) in [5.74, 6) is 1.60. The predicted octanol–water partition coefficient (Wildman–Crippen LogP) is 6.80. The maximum absolute atomic E-state index is 13.1. The van der Waals surface area contributed by atoms with Gasteiger partial charge >= 0.3 is 0 Å². The molecule has 0 fully saturated rings. The van der Waals surface area contributed by atoms with Crippen molar-refractivity contribution < 1.29 is 9.21 Å². The molecule has 1 aliphatic heterocycles. The average Bonchev–Trinajstić information content (AvgIpc) is 3.21. The maximum atomic E-state index is 13.1. The normalized spacial score (nSPS) is 15.0. The Bertz CT molecular complexity index is 1080. The minimum Gasteiger partial charge on any atom is -0.457 e. The largest absolute Gasteiger partial charge is 0.457 e. The van der Waals surface area contributed by atoms with Crippen LogP contribution in [0.3, 0.4) is 0 Å². The summed E-state index contributed by atoms with van der Waals surface area (Å²) in [4.78, 5) is 14.9. The van der Waals surface area contributed by atoms with Crippen molar-refractivity contribution in [1.29, 1.82) is 0 Å². The van der Waals surface area contributed by atoms with Gasteiger partial charge in [-0.1, -0.05) is 55.2 Å². The quantitative estimate of drug-likeness (QED) is 0.442. The Morgan fingerprint density at radius 3 is 2.57 bits per heavy atom. The molecule has 0 unspecified atom stereocenters. The van der Waals surface area contributed by atoms with Crippen molar-refractivity contribution >= 4 is 46.4 Å². The molecule has 5 heteroatoms. The fourth-order valence-electron chi connectivity index (χ4n) is 3.40. The average molecular weight is 412 g/mol. The number of anilines is 1. The zero-order valence-corrected chi connectivity index (χ0v) is 17.1. The van der Waals surface area contributed by atoms with Crippen LogP contribution >= 0.6 is 23.2 Å². The Hall–Kier alpha value is -2.49. The van der Waals surface area contributed by atoms with Crippen LogP contribution in [0, 0.1) is 5.92 Å². The fourth-order valence-corrected chi connectivity index (χ4v) is 3.90. The Kier molecular flexibility index (Phi) is 5.05. The van der Waals surface area contributed by atoms with Gasteiger partial charge in [-0.05, 0) is 48.4 Å². The highest BCUT2D eigenvalue weighted by molar-refractivity contribution is 6.36. The standard InChI is InChI=1S/C23H19Cl2NO2/c1-14(2)13-26-21-6-4-3-5-17(21)19(23(26)27)12-16-8-10-22(28-16)18-9-7-15(24)11-20(18)25/h3-12,14H,13H2,1-2H3/b19-12-. The molecule has 0 spiro atoms. The molecule has 0 radical (unpaired) electrons. The van der Waals surface area contributed by atoms with Gasteiger partial charge in [-0.3, -0.25) is 4.79 Å². The van der Waals surface area contributed by atoms with E-state index in [9.17, 15) is 4.79 Å². The summed E-state index contributed by atoms with van der Waals surface area (Å²) in [7, 11) is 0. The van der Waals surface area contributed by atoms with Gasteiger partial charge in [-0.2, -0.15) is 0 Å². The van der Waals surface area contributed by atoms with Crippen LogP contribution in [-0.2, 0) is 4.79 Å². The van der Waals surface area contributed by atoms with Gasteiger partial charge in [0, 0.05) is 22.7 Å². The van der Waals surface area contributed by atoms with Gasteiger partial charge in [0.15, 0.2) is 0 Å². The number of nitrogens with zero attached hydrogens (tertiary/aromatic N) is 1. The molecular formula is C23H19Cl2NO2. The molecule has 1 aromatic heterocycles. The Morgan fingerprint density at radius 2 is 1.82 bits per heavy atom. The molecule has 0 N–H and O–H groups in total. The van der Waals surface area contributed by atoms with Crippen LogP contribution in [0.2, 0.25) is 10.0 Å². The molecule has 1 amide bonds. The van der Waals surface area contributed by atoms with Crippen molar-refractivity contribution in [3.8, 4) is 11.3 Å². The molecule has 0 saturated heterocycles. The number of para-hydroxylation sites is 1. The minimum atomic E-state index is -0.00243. The molecule has 2 aromatic carbocycles. The van der Waals surface area contributed by atoms with E-state index in [4.69, 9.17) is 27.6 Å². The van der Waals surface area contributed by atoms with Crippen molar-refractivity contribution in [1.82, 2.24) is 0 Å². The van der Waals surface area contributed by atoms with Crippen LogP contribution in [0.4, 0.5) is 5.69 Å². The van der Waals surface area contributed by atoms with Gasteiger partial charge in [-0.25, -0.2) is 0 Å². The van der Waals surface area contributed by atoms with E-state index in [1.54, 1.807) is 18.2 Å². The number of furan rings is 1. The highest BCUT2D eigenvalue weighted by Crippen LogP contribution is 2.39. The maximum Gasteiger partial charge on any atom is 0.259 e. The molecular weight excluding hydrogens is 393 g/mol. The first kappa shape index (κ1) is 18.9. The summed E-state index contributed by atoms with van der Waals surface area (Å²) in [5, 5.41) is 1.09. The van der Waals surface area contributed by atoms with Gasteiger partial charge in [0.2, 0.25) is 0 Å². The number of hydrogen-bond donors (Lipinski definition) is 0. The van der Waals surface area contributed by atoms with Crippen molar-refractivity contribution in [3.05, 3.63) is 76.0 Å². The first-order valence-corrected chi connectivity index (χ1v) is 9.88. The second-order valence-electron chi connectivity index (χ2n) is 7.21. The third kappa shape index (κ3) is 3.48. The molecule has 142 valence electrons. The van der Waals surface area contributed by atoms with Gasteiger partial charge < -0.3 is 9.32 Å². The van der Waals surface area contributed by atoms with Crippen LogP contribution in [0.1, 0.15) is 25.2 Å². The van der Waals surface area contributed by atoms with Crippen LogP contribution in [0.5, 0.6) is 0 Å². The number of hydrogen-bond acceptors (Lipinski definition) is 2. The van der Waals surface area contributed by atoms with Crippen molar-refractivity contribution in [3.63, 3.8) is 0 Å². The molecule has 4 rings (SSSR count). The van der Waals surface area contributed by atoms with E-state index in [0.29, 0.717) is 39.6 Å². The Balaban J connectivity index is 1.72. The summed E-state index contributed by atoms with van der Waals surface area (Å²) in [6.45, 7) is 4.88. The van der Waals surface area contributed by atoms with Gasteiger partial charge in [0.05, 0.1) is 16.3 Å². The molecule has 2 heterocycles. The van der Waals surface area contributed by atoms with E-state index in [-0.39, 0.29) is 5.91 Å². The third-order valence-corrected chi connectivity index (χ3v) is 5.17. The second kappa shape index (κ2) is 7.50.